The van der Waals surface area contributed by atoms with Crippen LogP contribution >= 0.6 is 11.8 Å². The van der Waals surface area contributed by atoms with Crippen molar-refractivity contribution < 1.29 is 22.7 Å². The highest BCUT2D eigenvalue weighted by Crippen LogP contribution is 2.21. The number of aromatic nitrogens is 1. The van der Waals surface area contributed by atoms with Crippen LogP contribution < -0.4 is 5.32 Å². The van der Waals surface area contributed by atoms with Crippen LogP contribution in [0.5, 0.6) is 0 Å². The number of ether oxygens (including phenoxy) is 1. The van der Waals surface area contributed by atoms with E-state index < -0.39 is 18.9 Å². The number of carbonyl (C=O) groups excluding carboxylic acids is 1. The van der Waals surface area contributed by atoms with Gasteiger partial charge in [0.25, 0.3) is 5.91 Å². The number of unbranched alkanes of at least 4 members (excludes halogenated alkanes) is 1. The number of nitrogens with one attached hydrogen (secondary N) is 4. The number of halogens is 3. The third kappa shape index (κ3) is 8.52. The number of H-pyrrole nitrogens is 1. The Morgan fingerprint density at radius 2 is 1.94 bits per heavy atom. The number of amides is 1. The molecule has 0 bridgehead atoms. The van der Waals surface area contributed by atoms with Gasteiger partial charge in [-0.25, -0.2) is 0 Å². The van der Waals surface area contributed by atoms with Gasteiger partial charge in [0, 0.05) is 55.9 Å². The van der Waals surface area contributed by atoms with Gasteiger partial charge in [-0.3, -0.25) is 25.2 Å². The van der Waals surface area contributed by atoms with Crippen molar-refractivity contribution >= 4 is 38.8 Å². The maximum absolute atomic E-state index is 12.8. The number of rotatable bonds is 9. The van der Waals surface area contributed by atoms with Crippen molar-refractivity contribution in [3.05, 3.63) is 36.0 Å². The van der Waals surface area contributed by atoms with Crippen LogP contribution in [-0.4, -0.2) is 82.6 Å². The van der Waals surface area contributed by atoms with Crippen molar-refractivity contribution in [1.29, 1.82) is 10.8 Å². The molecule has 0 radical (unpaired) electrons. The van der Waals surface area contributed by atoms with E-state index in [1.54, 1.807) is 4.90 Å². The van der Waals surface area contributed by atoms with Crippen molar-refractivity contribution in [2.45, 2.75) is 45.0 Å². The molecule has 0 spiro atoms. The molecule has 1 unspecified atom stereocenters. The summed E-state index contributed by atoms with van der Waals surface area (Å²) in [6, 6.07) is 7.87. The molecule has 8 nitrogen and oxygen atoms in total. The van der Waals surface area contributed by atoms with Gasteiger partial charge in [-0.1, -0.05) is 38.0 Å². The van der Waals surface area contributed by atoms with Gasteiger partial charge in [0.15, 0.2) is 10.2 Å². The zero-order chi connectivity index (χ0) is 26.1. The Balaban J connectivity index is 1.47. The van der Waals surface area contributed by atoms with E-state index in [4.69, 9.17) is 10.8 Å². The van der Waals surface area contributed by atoms with Crippen LogP contribution in [0.2, 0.25) is 0 Å². The van der Waals surface area contributed by atoms with E-state index >= 15 is 0 Å². The van der Waals surface area contributed by atoms with Crippen molar-refractivity contribution in [1.82, 2.24) is 20.1 Å². The predicted molar refractivity (Wildman–Crippen MR) is 137 cm³/mol. The van der Waals surface area contributed by atoms with Crippen LogP contribution in [0.15, 0.2) is 30.5 Å². The largest absolute Gasteiger partial charge is 0.522 e. The van der Waals surface area contributed by atoms with Crippen LogP contribution in [0.3, 0.4) is 0 Å². The molecule has 2 heterocycles. The van der Waals surface area contributed by atoms with Crippen LogP contribution in [0.25, 0.3) is 10.9 Å². The lowest BCUT2D eigenvalue weighted by molar-refractivity contribution is -0.325. The van der Waals surface area contributed by atoms with Gasteiger partial charge in [0.05, 0.1) is 6.61 Å². The molecular weight excluding hydrogens is 493 g/mol. The molecule has 1 fully saturated rings. The second-order valence-electron chi connectivity index (χ2n) is 8.74. The van der Waals surface area contributed by atoms with E-state index in [0.717, 1.165) is 47.5 Å². The van der Waals surface area contributed by atoms with Gasteiger partial charge >= 0.3 is 6.36 Å². The maximum Gasteiger partial charge on any atom is 0.522 e. The van der Waals surface area contributed by atoms with Crippen molar-refractivity contribution in [3.8, 4) is 0 Å². The van der Waals surface area contributed by atoms with Gasteiger partial charge in [-0.2, -0.15) is 0 Å². The molecule has 3 rings (SSSR count). The summed E-state index contributed by atoms with van der Waals surface area (Å²) in [4.78, 5) is 19.6. The Bertz CT molecular complexity index is 1040. The smallest absolute Gasteiger partial charge is 0.361 e. The van der Waals surface area contributed by atoms with Crippen molar-refractivity contribution in [3.63, 3.8) is 0 Å². The molecule has 1 aliphatic heterocycles. The molecular formula is C24H33F3N6O2S. The monoisotopic (exact) mass is 526 g/mol. The number of benzene rings is 1. The van der Waals surface area contributed by atoms with E-state index in [1.807, 2.05) is 35.4 Å². The number of aromatic amines is 1. The van der Waals surface area contributed by atoms with Crippen LogP contribution in [-0.2, 0) is 16.0 Å². The summed E-state index contributed by atoms with van der Waals surface area (Å²) in [6.07, 6.45) is 0.697. The zero-order valence-electron chi connectivity index (χ0n) is 20.3. The van der Waals surface area contributed by atoms with Gasteiger partial charge in [-0.05, 0) is 36.2 Å². The molecule has 12 heteroatoms. The minimum Gasteiger partial charge on any atom is -0.361 e. The number of carbonyl (C=O) groups is 1. The minimum atomic E-state index is -4.63. The fourth-order valence-corrected chi connectivity index (χ4v) is 4.82. The van der Waals surface area contributed by atoms with Gasteiger partial charge in [-0.15, -0.1) is 13.2 Å². The standard InChI is InChI=1S/C24H33F3N6O2S/c1-2-3-6-18(15-17-16-30-20-8-5-4-7-19(17)20)31-22(34)21(28)36-23(29)33-11-9-32(10-12-33)13-14-35-24(25,26)27/h4-5,7-8,16,18,28-30H,2-3,6,9-15H2,1H3,(H,31,34). The molecule has 1 aliphatic rings. The highest BCUT2D eigenvalue weighted by molar-refractivity contribution is 8.27. The fraction of sp³-hybridized carbons (Fsp3) is 0.542. The Kier molecular flexibility index (Phi) is 10.2. The van der Waals surface area contributed by atoms with E-state index in [1.165, 1.54) is 0 Å². The van der Waals surface area contributed by atoms with E-state index in [-0.39, 0.29) is 22.8 Å². The Morgan fingerprint density at radius 3 is 2.64 bits per heavy atom. The summed E-state index contributed by atoms with van der Waals surface area (Å²) in [5.41, 5.74) is 2.15. The molecule has 0 saturated carbocycles. The van der Waals surface area contributed by atoms with E-state index in [0.29, 0.717) is 32.6 Å². The molecule has 2 aromatic rings. The molecule has 1 amide bonds. The summed E-state index contributed by atoms with van der Waals surface area (Å²) in [5.74, 6) is -0.506. The summed E-state index contributed by atoms with van der Waals surface area (Å²) in [7, 11) is 0. The lowest BCUT2D eigenvalue weighted by Gasteiger charge is -2.35. The van der Waals surface area contributed by atoms with E-state index in [2.05, 4.69) is 22.0 Å². The molecule has 4 N–H and O–H groups in total. The molecule has 198 valence electrons. The fourth-order valence-electron chi connectivity index (χ4n) is 4.17. The highest BCUT2D eigenvalue weighted by Gasteiger charge is 2.29. The first-order chi connectivity index (χ1) is 17.2. The molecule has 36 heavy (non-hydrogen) atoms. The zero-order valence-corrected chi connectivity index (χ0v) is 21.1. The SMILES string of the molecule is CCCCC(Cc1c[nH]c2ccccc12)NC(=O)C(=N)SC(=N)N1CCN(CCOC(F)(F)F)CC1. The lowest BCUT2D eigenvalue weighted by Crippen LogP contribution is -2.49. The number of thioether (sulfide) groups is 1. The first-order valence-corrected chi connectivity index (χ1v) is 12.9. The third-order valence-electron chi connectivity index (χ3n) is 6.12. The third-order valence-corrected chi connectivity index (χ3v) is 6.96. The highest BCUT2D eigenvalue weighted by atomic mass is 32.2. The van der Waals surface area contributed by atoms with Gasteiger partial charge in [0.1, 0.15) is 0 Å². The topological polar surface area (TPSA) is 108 Å². The summed E-state index contributed by atoms with van der Waals surface area (Å²) in [6.45, 7) is 3.65. The van der Waals surface area contributed by atoms with Crippen LogP contribution in [0.4, 0.5) is 13.2 Å². The lowest BCUT2D eigenvalue weighted by atomic mass is 10.0. The molecule has 1 aromatic carbocycles. The molecule has 1 saturated heterocycles. The van der Waals surface area contributed by atoms with Crippen LogP contribution in [0.1, 0.15) is 31.7 Å². The summed E-state index contributed by atoms with van der Waals surface area (Å²) < 4.78 is 40.2. The molecule has 0 aliphatic carbocycles. The molecule has 1 atom stereocenters. The maximum atomic E-state index is 12.8. The summed E-state index contributed by atoms with van der Waals surface area (Å²) >= 11 is 0.795. The number of amidine groups is 1. The quantitative estimate of drug-likeness (QED) is 0.290. The number of para-hydroxylation sites is 1. The first-order valence-electron chi connectivity index (χ1n) is 12.0. The number of alkyl halides is 3. The predicted octanol–water partition coefficient (Wildman–Crippen LogP) is 4.18. The molecule has 1 aromatic heterocycles. The number of hydrogen-bond donors (Lipinski definition) is 4. The van der Waals surface area contributed by atoms with Gasteiger partial charge < -0.3 is 15.2 Å². The van der Waals surface area contributed by atoms with Crippen molar-refractivity contribution in [2.24, 2.45) is 0 Å². The van der Waals surface area contributed by atoms with Gasteiger partial charge in [0.2, 0.25) is 0 Å². The first kappa shape index (κ1) is 28.0. The number of piperazine rings is 1. The average Bonchev–Trinajstić information content (AvgIpc) is 3.24. The minimum absolute atomic E-state index is 0.0862. The Morgan fingerprint density at radius 1 is 1.22 bits per heavy atom. The second-order valence-corrected chi connectivity index (χ2v) is 9.73. The number of hydrogen-bond acceptors (Lipinski definition) is 6. The Hall–Kier alpha value is -2.57. The second kappa shape index (κ2) is 13.1. The average molecular weight is 527 g/mol. The Labute approximate surface area is 212 Å². The normalized spacial score (nSPS) is 15.7. The summed E-state index contributed by atoms with van der Waals surface area (Å²) in [5, 5.41) is 20.5. The number of fused-ring (bicyclic) bond motifs is 1. The van der Waals surface area contributed by atoms with E-state index in [9.17, 15) is 18.0 Å². The van der Waals surface area contributed by atoms with Crippen LogP contribution in [0, 0.1) is 10.8 Å². The number of nitrogens with zero attached hydrogens (tertiary/aromatic N) is 2. The van der Waals surface area contributed by atoms with Crippen molar-refractivity contribution in [2.75, 3.05) is 39.3 Å².